The first kappa shape index (κ1) is 21.0. The van der Waals surface area contributed by atoms with Crippen LogP contribution in [0.2, 0.25) is 0 Å². The number of nitrogens with zero attached hydrogens (tertiary/aromatic N) is 1. The van der Waals surface area contributed by atoms with Crippen LogP contribution in [0.4, 0.5) is 5.69 Å². The summed E-state index contributed by atoms with van der Waals surface area (Å²) in [7, 11) is -3.59. The van der Waals surface area contributed by atoms with Crippen molar-refractivity contribution in [3.05, 3.63) is 65.2 Å². The number of likely N-dealkylation sites (tertiary alicyclic amines) is 1. The van der Waals surface area contributed by atoms with E-state index in [9.17, 15) is 18.0 Å². The molecule has 0 saturated carbocycles. The lowest BCUT2D eigenvalue weighted by atomic mass is 9.96. The van der Waals surface area contributed by atoms with Gasteiger partial charge in [-0.15, -0.1) is 0 Å². The molecule has 154 valence electrons. The van der Waals surface area contributed by atoms with Crippen molar-refractivity contribution in [3.63, 3.8) is 0 Å². The number of sulfonamides is 1. The number of benzene rings is 2. The van der Waals surface area contributed by atoms with Gasteiger partial charge in [0.15, 0.2) is 0 Å². The number of hydrogen-bond acceptors (Lipinski definition) is 4. The summed E-state index contributed by atoms with van der Waals surface area (Å²) in [6.45, 7) is 2.98. The number of carbonyl (C=O) groups is 2. The molecule has 1 aliphatic rings. The number of primary sulfonamides is 1. The van der Waals surface area contributed by atoms with Gasteiger partial charge in [-0.1, -0.05) is 29.8 Å². The lowest BCUT2D eigenvalue weighted by Crippen LogP contribution is -2.43. The maximum atomic E-state index is 12.7. The number of nitrogens with one attached hydrogen (secondary N) is 1. The number of nitrogens with two attached hydrogens (primary N) is 1. The van der Waals surface area contributed by atoms with Crippen molar-refractivity contribution in [1.29, 1.82) is 0 Å². The molecule has 1 unspecified atom stereocenters. The summed E-state index contributed by atoms with van der Waals surface area (Å²) in [5, 5.41) is 7.89. The second-order valence-electron chi connectivity index (χ2n) is 7.45. The van der Waals surface area contributed by atoms with E-state index in [-0.39, 0.29) is 23.5 Å². The van der Waals surface area contributed by atoms with E-state index in [1.54, 1.807) is 29.2 Å². The molecule has 2 amide bonds. The minimum absolute atomic E-state index is 0.0603. The molecule has 1 aliphatic heterocycles. The molecule has 1 heterocycles. The first-order chi connectivity index (χ1) is 13.7. The minimum atomic E-state index is -3.59. The minimum Gasteiger partial charge on any atom is -0.338 e. The SMILES string of the molecule is Cc1ccc(C(=O)N2CCCC(C(=O)Nc3ccc(CS(N)(=O)=O)cc3)C2)cc1. The van der Waals surface area contributed by atoms with Crippen LogP contribution in [0.25, 0.3) is 0 Å². The Kier molecular flexibility index (Phi) is 6.34. The Morgan fingerprint density at radius 1 is 1.10 bits per heavy atom. The van der Waals surface area contributed by atoms with Crippen molar-refractivity contribution in [3.8, 4) is 0 Å². The molecule has 0 bridgehead atoms. The number of amides is 2. The molecule has 0 aliphatic carbocycles. The third kappa shape index (κ3) is 5.88. The van der Waals surface area contributed by atoms with Crippen LogP contribution in [0.5, 0.6) is 0 Å². The van der Waals surface area contributed by atoms with Crippen LogP contribution in [-0.2, 0) is 20.6 Å². The molecule has 0 aromatic heterocycles. The van der Waals surface area contributed by atoms with Crippen LogP contribution in [0.3, 0.4) is 0 Å². The van der Waals surface area contributed by atoms with Gasteiger partial charge in [-0.25, -0.2) is 13.6 Å². The van der Waals surface area contributed by atoms with E-state index in [4.69, 9.17) is 5.14 Å². The summed E-state index contributed by atoms with van der Waals surface area (Å²) in [6, 6.07) is 14.0. The zero-order valence-electron chi connectivity index (χ0n) is 16.3. The smallest absolute Gasteiger partial charge is 0.253 e. The standard InChI is InChI=1S/C21H25N3O4S/c1-15-4-8-17(9-5-15)21(26)24-12-2-3-18(13-24)20(25)23-19-10-6-16(7-11-19)14-29(22,27)28/h4-11,18H,2-3,12-14H2,1H3,(H,23,25)(H2,22,27,28). The molecule has 1 atom stereocenters. The molecule has 1 fully saturated rings. The van der Waals surface area contributed by atoms with Gasteiger partial charge in [0.25, 0.3) is 5.91 Å². The average molecular weight is 416 g/mol. The van der Waals surface area contributed by atoms with Crippen molar-refractivity contribution < 1.29 is 18.0 Å². The van der Waals surface area contributed by atoms with Crippen molar-refractivity contribution in [1.82, 2.24) is 4.90 Å². The maximum absolute atomic E-state index is 12.7. The highest BCUT2D eigenvalue weighted by Gasteiger charge is 2.29. The topological polar surface area (TPSA) is 110 Å². The van der Waals surface area contributed by atoms with Crippen LogP contribution in [0.1, 0.15) is 34.3 Å². The Balaban J connectivity index is 1.60. The predicted molar refractivity (Wildman–Crippen MR) is 112 cm³/mol. The maximum Gasteiger partial charge on any atom is 0.253 e. The average Bonchev–Trinajstić information content (AvgIpc) is 2.68. The summed E-state index contributed by atoms with van der Waals surface area (Å²) < 4.78 is 22.3. The van der Waals surface area contributed by atoms with Crippen LogP contribution in [0.15, 0.2) is 48.5 Å². The monoisotopic (exact) mass is 415 g/mol. The highest BCUT2D eigenvalue weighted by Crippen LogP contribution is 2.21. The van der Waals surface area contributed by atoms with E-state index >= 15 is 0 Å². The number of rotatable bonds is 5. The number of aryl methyl sites for hydroxylation is 1. The van der Waals surface area contributed by atoms with E-state index in [2.05, 4.69) is 5.32 Å². The Bertz CT molecular complexity index is 986. The fourth-order valence-electron chi connectivity index (χ4n) is 3.42. The summed E-state index contributed by atoms with van der Waals surface area (Å²) in [6.07, 6.45) is 1.48. The van der Waals surface area contributed by atoms with Gasteiger partial charge in [-0.05, 0) is 49.6 Å². The summed E-state index contributed by atoms with van der Waals surface area (Å²) in [5.41, 5.74) is 2.85. The first-order valence-corrected chi connectivity index (χ1v) is 11.2. The number of hydrogen-bond donors (Lipinski definition) is 2. The summed E-state index contributed by atoms with van der Waals surface area (Å²) in [4.78, 5) is 27.1. The fourth-order valence-corrected chi connectivity index (χ4v) is 4.07. The first-order valence-electron chi connectivity index (χ1n) is 9.47. The molecular weight excluding hydrogens is 390 g/mol. The van der Waals surface area contributed by atoms with Crippen molar-refractivity contribution in [2.45, 2.75) is 25.5 Å². The van der Waals surface area contributed by atoms with Gasteiger partial charge in [0, 0.05) is 24.3 Å². The molecule has 0 radical (unpaired) electrons. The molecule has 0 spiro atoms. The summed E-state index contributed by atoms with van der Waals surface area (Å²) in [5.74, 6) is -0.748. The number of piperidine rings is 1. The molecular formula is C21H25N3O4S. The normalized spacial score (nSPS) is 17.0. The van der Waals surface area contributed by atoms with E-state index in [1.807, 2.05) is 31.2 Å². The van der Waals surface area contributed by atoms with Gasteiger partial charge in [-0.2, -0.15) is 0 Å². The largest absolute Gasteiger partial charge is 0.338 e. The highest BCUT2D eigenvalue weighted by atomic mass is 32.2. The second-order valence-corrected chi connectivity index (χ2v) is 9.06. The van der Waals surface area contributed by atoms with Crippen molar-refractivity contribution >= 4 is 27.5 Å². The van der Waals surface area contributed by atoms with Gasteiger partial charge in [0.2, 0.25) is 15.9 Å². The molecule has 8 heteroatoms. The Morgan fingerprint density at radius 3 is 2.38 bits per heavy atom. The molecule has 1 saturated heterocycles. The molecule has 7 nitrogen and oxygen atoms in total. The van der Waals surface area contributed by atoms with Crippen LogP contribution in [0, 0.1) is 12.8 Å². The van der Waals surface area contributed by atoms with Gasteiger partial charge in [0.1, 0.15) is 0 Å². The fraction of sp³-hybridized carbons (Fsp3) is 0.333. The van der Waals surface area contributed by atoms with Crippen molar-refractivity contribution in [2.24, 2.45) is 11.1 Å². The van der Waals surface area contributed by atoms with Crippen LogP contribution >= 0.6 is 0 Å². The van der Waals surface area contributed by atoms with Crippen LogP contribution in [-0.4, -0.2) is 38.2 Å². The van der Waals surface area contributed by atoms with E-state index in [0.29, 0.717) is 36.3 Å². The number of carbonyl (C=O) groups excluding carboxylic acids is 2. The van der Waals surface area contributed by atoms with Crippen molar-refractivity contribution in [2.75, 3.05) is 18.4 Å². The lowest BCUT2D eigenvalue weighted by Gasteiger charge is -2.32. The van der Waals surface area contributed by atoms with Gasteiger partial charge in [-0.3, -0.25) is 9.59 Å². The zero-order valence-corrected chi connectivity index (χ0v) is 17.1. The third-order valence-electron chi connectivity index (χ3n) is 4.97. The Hall–Kier alpha value is -2.71. The summed E-state index contributed by atoms with van der Waals surface area (Å²) >= 11 is 0. The molecule has 29 heavy (non-hydrogen) atoms. The third-order valence-corrected chi connectivity index (χ3v) is 5.70. The second kappa shape index (κ2) is 8.75. The van der Waals surface area contributed by atoms with E-state index in [0.717, 1.165) is 12.0 Å². The van der Waals surface area contributed by atoms with Gasteiger partial charge in [0.05, 0.1) is 11.7 Å². The highest BCUT2D eigenvalue weighted by molar-refractivity contribution is 7.88. The van der Waals surface area contributed by atoms with Gasteiger partial charge >= 0.3 is 0 Å². The lowest BCUT2D eigenvalue weighted by molar-refractivity contribution is -0.121. The molecule has 2 aromatic carbocycles. The quantitative estimate of drug-likeness (QED) is 0.780. The Morgan fingerprint density at radius 2 is 1.76 bits per heavy atom. The molecule has 3 rings (SSSR count). The predicted octanol–water partition coefficient (Wildman–Crippen LogP) is 2.27. The molecule has 3 N–H and O–H groups in total. The zero-order chi connectivity index (χ0) is 21.0. The van der Waals surface area contributed by atoms with Crippen LogP contribution < -0.4 is 10.5 Å². The number of anilines is 1. The Labute approximate surface area is 171 Å². The van der Waals surface area contributed by atoms with Gasteiger partial charge < -0.3 is 10.2 Å². The van der Waals surface area contributed by atoms with E-state index < -0.39 is 10.0 Å². The molecule has 2 aromatic rings. The van der Waals surface area contributed by atoms with E-state index in [1.165, 1.54) is 0 Å².